The van der Waals surface area contributed by atoms with E-state index in [4.69, 9.17) is 23.2 Å². The number of hydrogen-bond donors (Lipinski definition) is 0. The summed E-state index contributed by atoms with van der Waals surface area (Å²) in [6, 6.07) is 4.07. The zero-order valence-electron chi connectivity index (χ0n) is 7.61. The lowest BCUT2D eigenvalue weighted by Crippen LogP contribution is -2.07. The Kier molecular flexibility index (Phi) is 4.13. The number of hydrogen-bond acceptors (Lipinski definition) is 3. The Morgan fingerprint density at radius 1 is 1.20 bits per heavy atom. The van der Waals surface area contributed by atoms with Crippen LogP contribution >= 0.6 is 23.2 Å². The van der Waals surface area contributed by atoms with Gasteiger partial charge < -0.3 is 4.79 Å². The highest BCUT2D eigenvalue weighted by Gasteiger charge is 2.14. The Hall–Kier alpha value is -0.580. The van der Waals surface area contributed by atoms with Gasteiger partial charge in [-0.15, -0.1) is 0 Å². The van der Waals surface area contributed by atoms with Crippen molar-refractivity contribution in [3.8, 4) is 0 Å². The SMILES string of the molecule is O=CCCS(=O)(=O)c1ccc(Cl)c(Cl)c1. The lowest BCUT2D eigenvalue weighted by molar-refractivity contribution is -0.107. The van der Waals surface area contributed by atoms with Gasteiger partial charge in [0.1, 0.15) is 6.29 Å². The fourth-order valence-corrected chi connectivity index (χ4v) is 2.57. The number of halogens is 2. The third kappa shape index (κ3) is 3.19. The van der Waals surface area contributed by atoms with Gasteiger partial charge in [0, 0.05) is 6.42 Å². The van der Waals surface area contributed by atoms with Crippen molar-refractivity contribution >= 4 is 39.3 Å². The van der Waals surface area contributed by atoms with E-state index in [2.05, 4.69) is 0 Å². The highest BCUT2D eigenvalue weighted by Crippen LogP contribution is 2.25. The van der Waals surface area contributed by atoms with E-state index in [9.17, 15) is 13.2 Å². The summed E-state index contributed by atoms with van der Waals surface area (Å²) in [7, 11) is -3.44. The highest BCUT2D eigenvalue weighted by atomic mass is 35.5. The molecule has 0 aliphatic heterocycles. The van der Waals surface area contributed by atoms with Gasteiger partial charge in [-0.05, 0) is 18.2 Å². The quantitative estimate of drug-likeness (QED) is 0.787. The molecule has 1 rings (SSSR count). The van der Waals surface area contributed by atoms with Gasteiger partial charge in [-0.2, -0.15) is 0 Å². The molecule has 0 radical (unpaired) electrons. The summed E-state index contributed by atoms with van der Waals surface area (Å²) < 4.78 is 23.2. The highest BCUT2D eigenvalue weighted by molar-refractivity contribution is 7.91. The third-order valence-corrected chi connectivity index (χ3v) is 4.24. The van der Waals surface area contributed by atoms with Gasteiger partial charge in [0.15, 0.2) is 9.84 Å². The van der Waals surface area contributed by atoms with E-state index in [1.807, 2.05) is 0 Å². The van der Waals surface area contributed by atoms with Crippen molar-refractivity contribution in [1.29, 1.82) is 0 Å². The number of aldehydes is 1. The smallest absolute Gasteiger partial charge is 0.178 e. The first kappa shape index (κ1) is 12.5. The number of sulfone groups is 1. The monoisotopic (exact) mass is 266 g/mol. The van der Waals surface area contributed by atoms with E-state index >= 15 is 0 Å². The van der Waals surface area contributed by atoms with Crippen LogP contribution in [0.5, 0.6) is 0 Å². The molecule has 0 spiro atoms. The second-order valence-corrected chi connectivity index (χ2v) is 5.77. The lowest BCUT2D eigenvalue weighted by Gasteiger charge is -2.03. The minimum Gasteiger partial charge on any atom is -0.303 e. The molecule has 0 fully saturated rings. The van der Waals surface area contributed by atoms with Crippen molar-refractivity contribution in [1.82, 2.24) is 0 Å². The minimum atomic E-state index is -3.44. The number of carbonyl (C=O) groups is 1. The zero-order chi connectivity index (χ0) is 11.5. The van der Waals surface area contributed by atoms with Crippen LogP contribution < -0.4 is 0 Å². The molecule has 1 aromatic carbocycles. The molecular weight excluding hydrogens is 259 g/mol. The van der Waals surface area contributed by atoms with Gasteiger partial charge in [0.05, 0.1) is 20.7 Å². The lowest BCUT2D eigenvalue weighted by atomic mass is 10.4. The van der Waals surface area contributed by atoms with Crippen LogP contribution in [0.2, 0.25) is 10.0 Å². The van der Waals surface area contributed by atoms with Crippen LogP contribution in [0.25, 0.3) is 0 Å². The van der Waals surface area contributed by atoms with Crippen molar-refractivity contribution in [3.63, 3.8) is 0 Å². The molecule has 0 heterocycles. The fraction of sp³-hybridized carbons (Fsp3) is 0.222. The largest absolute Gasteiger partial charge is 0.303 e. The van der Waals surface area contributed by atoms with Crippen LogP contribution in [0, 0.1) is 0 Å². The molecule has 0 saturated carbocycles. The van der Waals surface area contributed by atoms with Crippen LogP contribution in [0.1, 0.15) is 6.42 Å². The van der Waals surface area contributed by atoms with Crippen LogP contribution in [0.15, 0.2) is 23.1 Å². The Morgan fingerprint density at radius 3 is 2.40 bits per heavy atom. The molecule has 0 N–H and O–H groups in total. The summed E-state index contributed by atoms with van der Waals surface area (Å²) in [6.45, 7) is 0. The number of carbonyl (C=O) groups excluding carboxylic acids is 1. The van der Waals surface area contributed by atoms with Crippen molar-refractivity contribution in [2.24, 2.45) is 0 Å². The molecule has 0 aliphatic rings. The van der Waals surface area contributed by atoms with Gasteiger partial charge in [0.2, 0.25) is 0 Å². The molecule has 0 atom stereocenters. The normalized spacial score (nSPS) is 11.3. The minimum absolute atomic E-state index is 0.0252. The van der Waals surface area contributed by atoms with Crippen LogP contribution in [0.4, 0.5) is 0 Å². The first-order chi connectivity index (χ1) is 6.97. The Bertz CT molecular complexity index is 468. The molecule has 1 aromatic rings. The predicted molar refractivity (Wildman–Crippen MR) is 59.2 cm³/mol. The maximum Gasteiger partial charge on any atom is 0.178 e. The molecule has 0 aliphatic carbocycles. The van der Waals surface area contributed by atoms with E-state index < -0.39 is 9.84 Å². The first-order valence-corrected chi connectivity index (χ1v) is 6.49. The molecule has 0 unspecified atom stereocenters. The predicted octanol–water partition coefficient (Wildman–Crippen LogP) is 2.36. The first-order valence-electron chi connectivity index (χ1n) is 4.09. The topological polar surface area (TPSA) is 51.2 Å². The molecule has 0 bridgehead atoms. The summed E-state index contributed by atoms with van der Waals surface area (Å²) in [5.41, 5.74) is 0. The average molecular weight is 267 g/mol. The summed E-state index contributed by atoms with van der Waals surface area (Å²) >= 11 is 11.3. The van der Waals surface area contributed by atoms with Gasteiger partial charge in [0.25, 0.3) is 0 Å². The van der Waals surface area contributed by atoms with E-state index in [-0.39, 0.29) is 22.1 Å². The van der Waals surface area contributed by atoms with Crippen molar-refractivity contribution < 1.29 is 13.2 Å². The molecule has 0 saturated heterocycles. The van der Waals surface area contributed by atoms with Crippen LogP contribution in [0.3, 0.4) is 0 Å². The summed E-state index contributed by atoms with van der Waals surface area (Å²) in [6.07, 6.45) is 0.539. The van der Waals surface area contributed by atoms with Gasteiger partial charge in [-0.1, -0.05) is 23.2 Å². The van der Waals surface area contributed by atoms with Crippen molar-refractivity contribution in [2.75, 3.05) is 5.75 Å². The Balaban J connectivity index is 3.05. The molecular formula is C9H8Cl2O3S. The van der Waals surface area contributed by atoms with E-state index in [0.717, 1.165) is 0 Å². The summed E-state index contributed by atoms with van der Waals surface area (Å²) in [5, 5.41) is 0.481. The summed E-state index contributed by atoms with van der Waals surface area (Å²) in [4.78, 5) is 10.2. The average Bonchev–Trinajstić information content (AvgIpc) is 2.19. The molecule has 82 valence electrons. The van der Waals surface area contributed by atoms with Crippen LogP contribution in [-0.2, 0) is 14.6 Å². The Labute approximate surface area is 97.9 Å². The zero-order valence-corrected chi connectivity index (χ0v) is 9.94. The van der Waals surface area contributed by atoms with Gasteiger partial charge >= 0.3 is 0 Å². The maximum atomic E-state index is 11.6. The number of rotatable bonds is 4. The van der Waals surface area contributed by atoms with Crippen molar-refractivity contribution in [3.05, 3.63) is 28.2 Å². The Morgan fingerprint density at radius 2 is 1.87 bits per heavy atom. The van der Waals surface area contributed by atoms with E-state index in [0.29, 0.717) is 11.3 Å². The van der Waals surface area contributed by atoms with Gasteiger partial charge in [-0.3, -0.25) is 0 Å². The summed E-state index contributed by atoms with van der Waals surface area (Å²) in [5.74, 6) is -0.214. The third-order valence-electron chi connectivity index (χ3n) is 1.75. The standard InChI is InChI=1S/C9H8Cl2O3S/c10-8-3-2-7(6-9(8)11)15(13,14)5-1-4-12/h2-4,6H,1,5H2. The van der Waals surface area contributed by atoms with E-state index in [1.165, 1.54) is 18.2 Å². The van der Waals surface area contributed by atoms with Crippen LogP contribution in [-0.4, -0.2) is 20.5 Å². The molecule has 3 nitrogen and oxygen atoms in total. The van der Waals surface area contributed by atoms with Gasteiger partial charge in [-0.25, -0.2) is 8.42 Å². The van der Waals surface area contributed by atoms with Crippen molar-refractivity contribution in [2.45, 2.75) is 11.3 Å². The second kappa shape index (κ2) is 4.96. The van der Waals surface area contributed by atoms with E-state index in [1.54, 1.807) is 0 Å². The second-order valence-electron chi connectivity index (χ2n) is 2.85. The number of benzene rings is 1. The molecule has 0 amide bonds. The molecule has 15 heavy (non-hydrogen) atoms. The fourth-order valence-electron chi connectivity index (χ4n) is 0.991. The maximum absolute atomic E-state index is 11.6. The molecule has 0 aromatic heterocycles. The molecule has 6 heteroatoms.